The number of benzene rings is 1. The van der Waals surface area contributed by atoms with E-state index in [-0.39, 0.29) is 28.8 Å². The average molecular weight is 326 g/mol. The van der Waals surface area contributed by atoms with E-state index in [0.717, 1.165) is 6.42 Å². The van der Waals surface area contributed by atoms with Crippen LogP contribution >= 0.6 is 11.6 Å². The third kappa shape index (κ3) is 4.27. The van der Waals surface area contributed by atoms with Gasteiger partial charge in [0.1, 0.15) is 5.82 Å². The minimum Gasteiger partial charge on any atom is -0.417 e. The fourth-order valence-electron chi connectivity index (χ4n) is 1.82. The van der Waals surface area contributed by atoms with Gasteiger partial charge in [-0.15, -0.1) is 10.2 Å². The Morgan fingerprint density at radius 1 is 1.41 bits per heavy atom. The summed E-state index contributed by atoms with van der Waals surface area (Å²) in [4.78, 5) is 11.8. The highest BCUT2D eigenvalue weighted by atomic mass is 35.5. The molecule has 0 saturated heterocycles. The van der Waals surface area contributed by atoms with Crippen molar-refractivity contribution in [3.63, 3.8) is 0 Å². The molecular weight excluding hydrogens is 309 g/mol. The summed E-state index contributed by atoms with van der Waals surface area (Å²) < 4.78 is 18.9. The van der Waals surface area contributed by atoms with Crippen molar-refractivity contribution in [2.24, 2.45) is 5.92 Å². The Kier molecular flexibility index (Phi) is 5.49. The molecule has 2 rings (SSSR count). The van der Waals surface area contributed by atoms with E-state index in [2.05, 4.69) is 29.4 Å². The zero-order chi connectivity index (χ0) is 16.1. The van der Waals surface area contributed by atoms with Crippen molar-refractivity contribution >= 4 is 17.5 Å². The maximum Gasteiger partial charge on any atom is 0.308 e. The van der Waals surface area contributed by atoms with Gasteiger partial charge in [0.05, 0.1) is 6.42 Å². The third-order valence-corrected chi connectivity index (χ3v) is 3.41. The lowest BCUT2D eigenvalue weighted by atomic mass is 10.1. The summed E-state index contributed by atoms with van der Waals surface area (Å²) in [6.07, 6.45) is 0.898. The van der Waals surface area contributed by atoms with E-state index in [4.69, 9.17) is 16.0 Å². The minimum absolute atomic E-state index is 0.0395. The van der Waals surface area contributed by atoms with Crippen LogP contribution in [0.1, 0.15) is 42.4 Å². The summed E-state index contributed by atoms with van der Waals surface area (Å²) in [6, 6.07) is 4.40. The molecule has 0 saturated carbocycles. The smallest absolute Gasteiger partial charge is 0.308 e. The number of amides is 1. The second kappa shape index (κ2) is 7.35. The molecule has 0 aliphatic heterocycles. The predicted molar refractivity (Wildman–Crippen MR) is 80.3 cm³/mol. The first-order valence-electron chi connectivity index (χ1n) is 7.01. The quantitative estimate of drug-likeness (QED) is 0.885. The molecule has 0 aliphatic carbocycles. The number of halogens is 2. The highest BCUT2D eigenvalue weighted by molar-refractivity contribution is 6.31. The van der Waals surface area contributed by atoms with E-state index >= 15 is 0 Å². The van der Waals surface area contributed by atoms with E-state index in [1.807, 2.05) is 0 Å². The molecule has 1 aromatic carbocycles. The Hall–Kier alpha value is -1.95. The maximum absolute atomic E-state index is 13.7. The molecule has 5 nitrogen and oxygen atoms in total. The van der Waals surface area contributed by atoms with Crippen molar-refractivity contribution in [2.45, 2.75) is 26.7 Å². The second-order valence-electron chi connectivity index (χ2n) is 5.32. The maximum atomic E-state index is 13.7. The number of hydrogen-bond donors (Lipinski definition) is 1. The molecule has 1 amide bonds. The number of hydrogen-bond acceptors (Lipinski definition) is 4. The second-order valence-corrected chi connectivity index (χ2v) is 5.72. The highest BCUT2D eigenvalue weighted by Crippen LogP contribution is 2.21. The van der Waals surface area contributed by atoms with Gasteiger partial charge in [0, 0.05) is 17.1 Å². The van der Waals surface area contributed by atoms with Gasteiger partial charge in [-0.2, -0.15) is 0 Å². The molecule has 0 aliphatic rings. The molecule has 1 heterocycles. The van der Waals surface area contributed by atoms with Crippen LogP contribution in [0, 0.1) is 11.7 Å². The Labute approximate surface area is 132 Å². The average Bonchev–Trinajstić information content (AvgIpc) is 2.91. The van der Waals surface area contributed by atoms with Crippen LogP contribution in [0.25, 0.3) is 0 Å². The molecule has 1 aromatic heterocycles. The number of aromatic nitrogens is 2. The molecule has 22 heavy (non-hydrogen) atoms. The Bertz CT molecular complexity index is 638. The molecule has 0 fully saturated rings. The molecule has 0 spiro atoms. The minimum atomic E-state index is -0.450. The van der Waals surface area contributed by atoms with Gasteiger partial charge in [0.15, 0.2) is 0 Å². The number of nitrogens with one attached hydrogen (secondary N) is 1. The van der Waals surface area contributed by atoms with E-state index in [9.17, 15) is 9.18 Å². The summed E-state index contributed by atoms with van der Waals surface area (Å²) >= 11 is 5.94. The number of nitrogens with zero attached hydrogens (tertiary/aromatic N) is 2. The first-order chi connectivity index (χ1) is 10.5. The van der Waals surface area contributed by atoms with Gasteiger partial charge in [-0.25, -0.2) is 4.39 Å². The molecule has 1 N–H and O–H groups in total. The number of rotatable bonds is 6. The van der Waals surface area contributed by atoms with E-state index in [1.54, 1.807) is 6.07 Å². The zero-order valence-corrected chi connectivity index (χ0v) is 13.2. The van der Waals surface area contributed by atoms with E-state index in [0.29, 0.717) is 12.5 Å². The summed E-state index contributed by atoms with van der Waals surface area (Å²) in [6.45, 7) is 4.66. The van der Waals surface area contributed by atoms with Gasteiger partial charge in [-0.3, -0.25) is 4.79 Å². The van der Waals surface area contributed by atoms with Crippen molar-refractivity contribution < 1.29 is 13.6 Å². The topological polar surface area (TPSA) is 68.0 Å². The van der Waals surface area contributed by atoms with Crippen molar-refractivity contribution in [3.05, 3.63) is 46.4 Å². The summed E-state index contributed by atoms with van der Waals surface area (Å²) in [5.74, 6) is -0.387. The van der Waals surface area contributed by atoms with Crippen LogP contribution in [0.15, 0.2) is 22.6 Å². The lowest BCUT2D eigenvalue weighted by molar-refractivity contribution is 0.0915. The Morgan fingerprint density at radius 2 is 2.18 bits per heavy atom. The summed E-state index contributed by atoms with van der Waals surface area (Å²) in [5, 5.41) is 10.4. The van der Waals surface area contributed by atoms with Crippen molar-refractivity contribution in [1.82, 2.24) is 15.5 Å². The molecule has 0 unspecified atom stereocenters. The summed E-state index contributed by atoms with van der Waals surface area (Å²) in [7, 11) is 0. The molecule has 7 heteroatoms. The van der Waals surface area contributed by atoms with Gasteiger partial charge >= 0.3 is 11.8 Å². The van der Waals surface area contributed by atoms with Crippen LogP contribution in [-0.2, 0) is 6.42 Å². The highest BCUT2D eigenvalue weighted by Gasteiger charge is 2.17. The zero-order valence-electron chi connectivity index (χ0n) is 12.4. The Balaban J connectivity index is 2.01. The summed E-state index contributed by atoms with van der Waals surface area (Å²) in [5.41, 5.74) is 0.264. The van der Waals surface area contributed by atoms with Crippen LogP contribution in [0.5, 0.6) is 0 Å². The lowest BCUT2D eigenvalue weighted by Gasteiger charge is -2.04. The molecule has 0 bridgehead atoms. The number of carbonyl (C=O) groups is 1. The normalized spacial score (nSPS) is 11.0. The van der Waals surface area contributed by atoms with Gasteiger partial charge in [-0.1, -0.05) is 31.5 Å². The van der Waals surface area contributed by atoms with Crippen molar-refractivity contribution in [2.75, 3.05) is 6.54 Å². The van der Waals surface area contributed by atoms with Gasteiger partial charge in [0.2, 0.25) is 5.89 Å². The molecule has 118 valence electrons. The van der Waals surface area contributed by atoms with Gasteiger partial charge in [-0.05, 0) is 24.5 Å². The van der Waals surface area contributed by atoms with Crippen molar-refractivity contribution in [1.29, 1.82) is 0 Å². The molecular formula is C15H17ClFN3O2. The van der Waals surface area contributed by atoms with E-state index in [1.165, 1.54) is 12.1 Å². The SMILES string of the molecule is CC(C)CCNC(=O)c1nnc(Cc2c(F)cccc2Cl)o1. The van der Waals surface area contributed by atoms with Crippen LogP contribution in [0.4, 0.5) is 4.39 Å². The fraction of sp³-hybridized carbons (Fsp3) is 0.400. The van der Waals surface area contributed by atoms with Crippen molar-refractivity contribution in [3.8, 4) is 0 Å². The van der Waals surface area contributed by atoms with Gasteiger partial charge in [0.25, 0.3) is 0 Å². The number of carbonyl (C=O) groups excluding carboxylic acids is 1. The first kappa shape index (κ1) is 16.4. The molecule has 0 atom stereocenters. The molecule has 0 radical (unpaired) electrons. The van der Waals surface area contributed by atoms with Crippen LogP contribution < -0.4 is 5.32 Å². The van der Waals surface area contributed by atoms with Gasteiger partial charge < -0.3 is 9.73 Å². The predicted octanol–water partition coefficient (Wildman–Crippen LogP) is 3.23. The van der Waals surface area contributed by atoms with Crippen LogP contribution in [0.2, 0.25) is 5.02 Å². The van der Waals surface area contributed by atoms with E-state index < -0.39 is 11.7 Å². The fourth-order valence-corrected chi connectivity index (χ4v) is 2.05. The third-order valence-electron chi connectivity index (χ3n) is 3.06. The first-order valence-corrected chi connectivity index (χ1v) is 7.38. The lowest BCUT2D eigenvalue weighted by Crippen LogP contribution is -2.25. The molecule has 2 aromatic rings. The Morgan fingerprint density at radius 3 is 2.86 bits per heavy atom. The standard InChI is InChI=1S/C15H17ClFN3O2/c1-9(2)6-7-18-14(21)15-20-19-13(22-15)8-10-11(16)4-3-5-12(10)17/h3-5,9H,6-8H2,1-2H3,(H,18,21). The van der Waals surface area contributed by atoms with Crippen LogP contribution in [-0.4, -0.2) is 22.6 Å². The largest absolute Gasteiger partial charge is 0.417 e. The monoisotopic (exact) mass is 325 g/mol. The van der Waals surface area contributed by atoms with Crippen LogP contribution in [0.3, 0.4) is 0 Å².